The van der Waals surface area contributed by atoms with E-state index in [2.05, 4.69) is 0 Å². The van der Waals surface area contributed by atoms with Crippen LogP contribution in [0.2, 0.25) is 0 Å². The van der Waals surface area contributed by atoms with Crippen molar-refractivity contribution >= 4 is 28.7 Å². The molecular formula is C10H8INO2. The molecule has 0 saturated carbocycles. The predicted octanol–water partition coefficient (Wildman–Crippen LogP) is 2.54. The number of halogens is 1. The zero-order chi connectivity index (χ0) is 10.6. The van der Waals surface area contributed by atoms with Crippen LogP contribution in [0.3, 0.4) is 0 Å². The molecule has 4 heteroatoms. The van der Waals surface area contributed by atoms with Crippen molar-refractivity contribution in [1.82, 2.24) is 0 Å². The Kier molecular flexibility index (Phi) is 3.77. The topological polar surface area (TPSA) is 53.2 Å². The molecule has 1 aromatic rings. The number of benzene rings is 1. The van der Waals surface area contributed by atoms with Crippen LogP contribution >= 0.6 is 22.6 Å². The number of hydrogen-bond donors (Lipinski definition) is 1. The fourth-order valence-electron chi connectivity index (χ4n) is 0.979. The van der Waals surface area contributed by atoms with Gasteiger partial charge in [0.2, 0.25) is 0 Å². The van der Waals surface area contributed by atoms with Gasteiger partial charge >= 0.3 is 0 Å². The van der Waals surface area contributed by atoms with Gasteiger partial charge in [0, 0.05) is 6.08 Å². The van der Waals surface area contributed by atoms with E-state index in [1.54, 1.807) is 18.2 Å². The summed E-state index contributed by atoms with van der Waals surface area (Å²) in [5, 5.41) is 17.9. The highest BCUT2D eigenvalue weighted by Crippen LogP contribution is 2.32. The van der Waals surface area contributed by atoms with Gasteiger partial charge in [0.1, 0.15) is 0 Å². The minimum absolute atomic E-state index is 0.127. The summed E-state index contributed by atoms with van der Waals surface area (Å²) in [4.78, 5) is 0. The largest absolute Gasteiger partial charge is 0.504 e. The smallest absolute Gasteiger partial charge is 0.171 e. The van der Waals surface area contributed by atoms with E-state index >= 15 is 0 Å². The SMILES string of the molecule is COc1cc(C=CC#N)cc(I)c1O. The van der Waals surface area contributed by atoms with E-state index in [0.717, 1.165) is 5.56 Å². The Morgan fingerprint density at radius 1 is 1.57 bits per heavy atom. The molecule has 0 aliphatic heterocycles. The standard InChI is InChI=1S/C10H8INO2/c1-14-9-6-7(3-2-4-12)5-8(11)10(9)13/h2-3,5-6,13H,1H3. The Bertz CT molecular complexity index is 407. The lowest BCUT2D eigenvalue weighted by Crippen LogP contribution is -1.87. The van der Waals surface area contributed by atoms with Crippen LogP contribution in [0.5, 0.6) is 11.5 Å². The molecule has 0 aliphatic rings. The van der Waals surface area contributed by atoms with Crippen LogP contribution < -0.4 is 4.74 Å². The first kappa shape index (κ1) is 10.9. The highest BCUT2D eigenvalue weighted by molar-refractivity contribution is 14.1. The zero-order valence-corrected chi connectivity index (χ0v) is 9.65. The first-order valence-corrected chi connectivity index (χ1v) is 4.89. The molecule has 0 fully saturated rings. The molecule has 3 nitrogen and oxygen atoms in total. The molecule has 0 atom stereocenters. The van der Waals surface area contributed by atoms with Crippen molar-refractivity contribution < 1.29 is 9.84 Å². The maximum Gasteiger partial charge on any atom is 0.171 e. The molecule has 0 aliphatic carbocycles. The summed E-state index contributed by atoms with van der Waals surface area (Å²) < 4.78 is 5.67. The van der Waals surface area contributed by atoms with Gasteiger partial charge < -0.3 is 9.84 Å². The van der Waals surface area contributed by atoms with Crippen LogP contribution in [-0.4, -0.2) is 12.2 Å². The third kappa shape index (κ3) is 2.39. The fraction of sp³-hybridized carbons (Fsp3) is 0.100. The highest BCUT2D eigenvalue weighted by atomic mass is 127. The third-order valence-electron chi connectivity index (χ3n) is 1.62. The Labute approximate surface area is 95.8 Å². The van der Waals surface area contributed by atoms with Crippen molar-refractivity contribution in [1.29, 1.82) is 5.26 Å². The second kappa shape index (κ2) is 4.86. The lowest BCUT2D eigenvalue weighted by molar-refractivity contribution is 0.371. The molecule has 0 heterocycles. The number of ether oxygens (including phenoxy) is 1. The van der Waals surface area contributed by atoms with Crippen molar-refractivity contribution in [2.45, 2.75) is 0 Å². The van der Waals surface area contributed by atoms with Crippen molar-refractivity contribution in [3.8, 4) is 17.6 Å². The van der Waals surface area contributed by atoms with Crippen LogP contribution in [0.25, 0.3) is 6.08 Å². The minimum Gasteiger partial charge on any atom is -0.504 e. The maximum absolute atomic E-state index is 9.53. The zero-order valence-electron chi connectivity index (χ0n) is 7.49. The summed E-state index contributed by atoms with van der Waals surface area (Å²) in [5.41, 5.74) is 0.825. The van der Waals surface area contributed by atoms with Crippen molar-refractivity contribution in [2.75, 3.05) is 7.11 Å². The lowest BCUT2D eigenvalue weighted by Gasteiger charge is -2.06. The molecule has 0 bridgehead atoms. The van der Waals surface area contributed by atoms with E-state index in [-0.39, 0.29) is 5.75 Å². The number of hydrogen-bond acceptors (Lipinski definition) is 3. The molecule has 0 aromatic heterocycles. The van der Waals surface area contributed by atoms with E-state index in [4.69, 9.17) is 10.00 Å². The summed E-state index contributed by atoms with van der Waals surface area (Å²) in [7, 11) is 1.49. The first-order chi connectivity index (χ1) is 6.69. The average molecular weight is 301 g/mol. The number of allylic oxidation sites excluding steroid dienone is 1. The third-order valence-corrected chi connectivity index (χ3v) is 2.44. The van der Waals surface area contributed by atoms with E-state index in [1.165, 1.54) is 13.2 Å². The monoisotopic (exact) mass is 301 g/mol. The summed E-state index contributed by atoms with van der Waals surface area (Å²) in [6.45, 7) is 0. The normalized spacial score (nSPS) is 10.1. The van der Waals surface area contributed by atoms with Crippen molar-refractivity contribution in [3.63, 3.8) is 0 Å². The van der Waals surface area contributed by atoms with Crippen molar-refractivity contribution in [3.05, 3.63) is 27.3 Å². The number of methoxy groups -OCH3 is 1. The van der Waals surface area contributed by atoms with Crippen LogP contribution in [0.15, 0.2) is 18.2 Å². The van der Waals surface area contributed by atoms with Gasteiger partial charge in [-0.1, -0.05) is 0 Å². The average Bonchev–Trinajstić information content (AvgIpc) is 2.19. The summed E-state index contributed by atoms with van der Waals surface area (Å²) in [6, 6.07) is 5.34. The van der Waals surface area contributed by atoms with Crippen LogP contribution in [0, 0.1) is 14.9 Å². The molecule has 0 amide bonds. The predicted molar refractivity (Wildman–Crippen MR) is 62.0 cm³/mol. The molecule has 1 aromatic carbocycles. The molecular weight excluding hydrogens is 293 g/mol. The molecule has 72 valence electrons. The van der Waals surface area contributed by atoms with E-state index in [0.29, 0.717) is 9.32 Å². The van der Waals surface area contributed by atoms with Gasteiger partial charge in [-0.2, -0.15) is 5.26 Å². The fourth-order valence-corrected chi connectivity index (χ4v) is 1.60. The van der Waals surface area contributed by atoms with Crippen LogP contribution in [0.1, 0.15) is 5.56 Å². The maximum atomic E-state index is 9.53. The quantitative estimate of drug-likeness (QED) is 0.674. The van der Waals surface area contributed by atoms with Gasteiger partial charge in [-0.3, -0.25) is 0 Å². The molecule has 0 saturated heterocycles. The van der Waals surface area contributed by atoms with Crippen LogP contribution in [-0.2, 0) is 0 Å². The molecule has 0 unspecified atom stereocenters. The summed E-state index contributed by atoms with van der Waals surface area (Å²) in [6.07, 6.45) is 3.03. The minimum atomic E-state index is 0.127. The molecule has 1 rings (SSSR count). The second-order valence-corrected chi connectivity index (χ2v) is 3.68. The molecule has 0 radical (unpaired) electrons. The van der Waals surface area contributed by atoms with Gasteiger partial charge in [0.25, 0.3) is 0 Å². The summed E-state index contributed by atoms with van der Waals surface area (Å²) >= 11 is 2.00. The van der Waals surface area contributed by atoms with Gasteiger partial charge in [0.15, 0.2) is 11.5 Å². The van der Waals surface area contributed by atoms with Crippen LogP contribution in [0.4, 0.5) is 0 Å². The van der Waals surface area contributed by atoms with Gasteiger partial charge in [-0.05, 0) is 46.4 Å². The highest BCUT2D eigenvalue weighted by Gasteiger charge is 2.06. The van der Waals surface area contributed by atoms with Gasteiger partial charge in [-0.15, -0.1) is 0 Å². The molecule has 1 N–H and O–H groups in total. The summed E-state index contributed by atoms with van der Waals surface area (Å²) in [5.74, 6) is 0.539. The number of phenolic OH excluding ortho intramolecular Hbond substituents is 1. The lowest BCUT2D eigenvalue weighted by atomic mass is 10.2. The van der Waals surface area contributed by atoms with E-state index in [1.807, 2.05) is 28.7 Å². The first-order valence-electron chi connectivity index (χ1n) is 3.81. The Hall–Kier alpha value is -1.22. The van der Waals surface area contributed by atoms with Crippen molar-refractivity contribution in [2.24, 2.45) is 0 Å². The Morgan fingerprint density at radius 2 is 2.29 bits per heavy atom. The van der Waals surface area contributed by atoms with E-state index < -0.39 is 0 Å². The van der Waals surface area contributed by atoms with E-state index in [9.17, 15) is 5.11 Å². The number of phenols is 1. The Balaban J connectivity index is 3.17. The Morgan fingerprint density at radius 3 is 2.86 bits per heavy atom. The molecule has 0 spiro atoms. The number of nitrogens with zero attached hydrogens (tertiary/aromatic N) is 1. The van der Waals surface area contributed by atoms with Gasteiger partial charge in [0.05, 0.1) is 16.7 Å². The number of nitriles is 1. The van der Waals surface area contributed by atoms with Gasteiger partial charge in [-0.25, -0.2) is 0 Å². The number of aromatic hydroxyl groups is 1. The second-order valence-electron chi connectivity index (χ2n) is 2.52. The number of rotatable bonds is 2. The molecule has 14 heavy (non-hydrogen) atoms.